The molecule has 2 aliphatic rings. The number of esters is 1. The summed E-state index contributed by atoms with van der Waals surface area (Å²) < 4.78 is 5.76. The summed E-state index contributed by atoms with van der Waals surface area (Å²) in [7, 11) is 0. The van der Waals surface area contributed by atoms with Crippen molar-refractivity contribution in [3.05, 3.63) is 0 Å². The van der Waals surface area contributed by atoms with Gasteiger partial charge < -0.3 is 4.74 Å². The van der Waals surface area contributed by atoms with Gasteiger partial charge in [0, 0.05) is 11.8 Å². The average Bonchev–Trinajstić information content (AvgIpc) is 2.49. The maximum atomic E-state index is 11.8. The van der Waals surface area contributed by atoms with E-state index in [1.54, 1.807) is 0 Å². The molecule has 17 heavy (non-hydrogen) atoms. The first kappa shape index (κ1) is 12.9. The smallest absolute Gasteiger partial charge is 0.306 e. The number of hydrogen-bond donors (Lipinski definition) is 0. The molecule has 98 valence electrons. The van der Waals surface area contributed by atoms with E-state index in [-0.39, 0.29) is 17.5 Å². The average molecular weight is 238 g/mol. The van der Waals surface area contributed by atoms with Crippen LogP contribution in [0.15, 0.2) is 0 Å². The molecule has 3 atom stereocenters. The highest BCUT2D eigenvalue weighted by atomic mass is 16.5. The number of ether oxygens (including phenoxy) is 1. The second kappa shape index (κ2) is 4.00. The number of fused-ring (bicyclic) bond motifs is 2. The zero-order valence-corrected chi connectivity index (χ0v) is 11.9. The van der Waals surface area contributed by atoms with E-state index in [4.69, 9.17) is 4.74 Å². The lowest BCUT2D eigenvalue weighted by atomic mass is 9.70. The predicted molar refractivity (Wildman–Crippen MR) is 68.6 cm³/mol. The third-order valence-corrected chi connectivity index (χ3v) is 5.56. The van der Waals surface area contributed by atoms with Crippen LogP contribution in [0, 0.1) is 22.7 Å². The Hall–Kier alpha value is -0.530. The molecule has 2 bridgehead atoms. The van der Waals surface area contributed by atoms with Gasteiger partial charge in [0.25, 0.3) is 0 Å². The lowest BCUT2D eigenvalue weighted by Gasteiger charge is -2.38. The van der Waals surface area contributed by atoms with E-state index in [0.717, 1.165) is 12.3 Å². The number of rotatable bonds is 3. The summed E-state index contributed by atoms with van der Waals surface area (Å²) in [5, 5.41) is 0. The first-order chi connectivity index (χ1) is 7.77. The summed E-state index contributed by atoms with van der Waals surface area (Å²) in [6.07, 6.45) is 4.30. The van der Waals surface area contributed by atoms with Crippen LogP contribution in [-0.4, -0.2) is 12.1 Å². The monoisotopic (exact) mass is 238 g/mol. The van der Waals surface area contributed by atoms with Gasteiger partial charge in [0.15, 0.2) is 0 Å². The van der Waals surface area contributed by atoms with Gasteiger partial charge in [0.1, 0.15) is 6.10 Å². The normalized spacial score (nSPS) is 38.7. The molecule has 0 radical (unpaired) electrons. The number of carbonyl (C=O) groups excluding carboxylic acids is 1. The third-order valence-electron chi connectivity index (χ3n) is 5.56. The van der Waals surface area contributed by atoms with Crippen LogP contribution < -0.4 is 0 Å². The summed E-state index contributed by atoms with van der Waals surface area (Å²) in [4.78, 5) is 11.8. The Bertz CT molecular complexity index is 319. The van der Waals surface area contributed by atoms with Crippen LogP contribution in [0.4, 0.5) is 0 Å². The van der Waals surface area contributed by atoms with Crippen molar-refractivity contribution in [2.75, 3.05) is 0 Å². The molecule has 0 saturated heterocycles. The highest BCUT2D eigenvalue weighted by molar-refractivity contribution is 5.70. The highest BCUT2D eigenvalue weighted by Gasteiger charge is 2.62. The van der Waals surface area contributed by atoms with Crippen molar-refractivity contribution in [3.8, 4) is 0 Å². The fraction of sp³-hybridized carbons (Fsp3) is 0.933. The lowest BCUT2D eigenvalue weighted by Crippen LogP contribution is -2.38. The van der Waals surface area contributed by atoms with Gasteiger partial charge in [-0.25, -0.2) is 0 Å². The molecule has 2 nitrogen and oxygen atoms in total. The van der Waals surface area contributed by atoms with Crippen LogP contribution in [0.1, 0.15) is 60.3 Å². The van der Waals surface area contributed by atoms with Crippen LogP contribution in [-0.2, 0) is 9.53 Å². The zero-order chi connectivity index (χ0) is 12.8. The van der Waals surface area contributed by atoms with Crippen LogP contribution in [0.3, 0.4) is 0 Å². The van der Waals surface area contributed by atoms with Gasteiger partial charge in [-0.15, -0.1) is 0 Å². The molecule has 0 N–H and O–H groups in total. The van der Waals surface area contributed by atoms with Gasteiger partial charge in [-0.3, -0.25) is 4.79 Å². The third kappa shape index (κ3) is 1.90. The second-order valence-electron chi connectivity index (χ2n) is 7.19. The van der Waals surface area contributed by atoms with Crippen LogP contribution >= 0.6 is 0 Å². The standard InChI is InChI=1S/C15H26O2/c1-10(2)8-13(16)17-12-9-11-6-7-15(12,5)14(11,3)4/h10-12H,6-9H2,1-5H3/t11-,12+,15-/m0/s1. The van der Waals surface area contributed by atoms with Crippen molar-refractivity contribution in [2.24, 2.45) is 22.7 Å². The maximum Gasteiger partial charge on any atom is 0.306 e. The summed E-state index contributed by atoms with van der Waals surface area (Å²) in [6, 6.07) is 0. The van der Waals surface area contributed by atoms with E-state index in [1.807, 2.05) is 0 Å². The van der Waals surface area contributed by atoms with E-state index in [2.05, 4.69) is 34.6 Å². The van der Waals surface area contributed by atoms with Crippen molar-refractivity contribution < 1.29 is 9.53 Å². The minimum absolute atomic E-state index is 0.00502. The van der Waals surface area contributed by atoms with E-state index >= 15 is 0 Å². The van der Waals surface area contributed by atoms with Crippen LogP contribution in [0.5, 0.6) is 0 Å². The van der Waals surface area contributed by atoms with Crippen molar-refractivity contribution in [1.29, 1.82) is 0 Å². The molecule has 0 aromatic rings. The van der Waals surface area contributed by atoms with Crippen LogP contribution in [0.25, 0.3) is 0 Å². The van der Waals surface area contributed by atoms with Gasteiger partial charge >= 0.3 is 5.97 Å². The molecule has 0 amide bonds. The maximum absolute atomic E-state index is 11.8. The van der Waals surface area contributed by atoms with E-state index < -0.39 is 0 Å². The largest absolute Gasteiger partial charge is 0.462 e. The fourth-order valence-electron chi connectivity index (χ4n) is 3.85. The quantitative estimate of drug-likeness (QED) is 0.699. The van der Waals surface area contributed by atoms with Gasteiger partial charge in [-0.1, -0.05) is 34.6 Å². The molecule has 0 heterocycles. The summed E-state index contributed by atoms with van der Waals surface area (Å²) in [5.74, 6) is 1.13. The second-order valence-corrected chi connectivity index (χ2v) is 7.19. The summed E-state index contributed by atoms with van der Waals surface area (Å²) in [6.45, 7) is 11.1. The molecule has 2 aliphatic carbocycles. The van der Waals surface area contributed by atoms with Gasteiger partial charge in [0.2, 0.25) is 0 Å². The summed E-state index contributed by atoms with van der Waals surface area (Å²) in [5.41, 5.74) is 0.528. The van der Waals surface area contributed by atoms with Crippen molar-refractivity contribution >= 4 is 5.97 Å². The molecule has 0 aromatic heterocycles. The Balaban J connectivity index is 2.03. The van der Waals surface area contributed by atoms with E-state index in [1.165, 1.54) is 12.8 Å². The van der Waals surface area contributed by atoms with Crippen LogP contribution in [0.2, 0.25) is 0 Å². The topological polar surface area (TPSA) is 26.3 Å². The molecule has 2 saturated carbocycles. The minimum Gasteiger partial charge on any atom is -0.462 e. The molecular formula is C15H26O2. The first-order valence-electron chi connectivity index (χ1n) is 6.97. The van der Waals surface area contributed by atoms with Crippen molar-refractivity contribution in [2.45, 2.75) is 66.4 Å². The first-order valence-corrected chi connectivity index (χ1v) is 6.97. The van der Waals surface area contributed by atoms with E-state index in [9.17, 15) is 4.79 Å². The molecule has 0 aliphatic heterocycles. The molecule has 2 heteroatoms. The Kier molecular flexibility index (Phi) is 3.04. The molecule has 2 rings (SSSR count). The highest BCUT2D eigenvalue weighted by Crippen LogP contribution is 2.66. The molecule has 0 unspecified atom stereocenters. The Morgan fingerprint density at radius 1 is 1.35 bits per heavy atom. The fourth-order valence-corrected chi connectivity index (χ4v) is 3.85. The van der Waals surface area contributed by atoms with Gasteiger partial charge in [0.05, 0.1) is 0 Å². The Morgan fingerprint density at radius 2 is 2.00 bits per heavy atom. The molecule has 0 aromatic carbocycles. The molecule has 2 fully saturated rings. The SMILES string of the molecule is CC(C)CC(=O)O[C@@H]1C[C@@H]2CC[C@]1(C)C2(C)C. The summed E-state index contributed by atoms with van der Waals surface area (Å²) >= 11 is 0. The Labute approximate surface area is 105 Å². The van der Waals surface area contributed by atoms with Crippen molar-refractivity contribution in [3.63, 3.8) is 0 Å². The Morgan fingerprint density at radius 3 is 2.41 bits per heavy atom. The number of carbonyl (C=O) groups is 1. The lowest BCUT2D eigenvalue weighted by molar-refractivity contribution is -0.157. The zero-order valence-electron chi connectivity index (χ0n) is 11.9. The van der Waals surface area contributed by atoms with Gasteiger partial charge in [-0.2, -0.15) is 0 Å². The minimum atomic E-state index is -0.00502. The van der Waals surface area contributed by atoms with E-state index in [0.29, 0.717) is 17.8 Å². The predicted octanol–water partition coefficient (Wildman–Crippen LogP) is 3.79. The molecular weight excluding hydrogens is 212 g/mol. The van der Waals surface area contributed by atoms with Crippen molar-refractivity contribution in [1.82, 2.24) is 0 Å². The molecule has 0 spiro atoms. The van der Waals surface area contributed by atoms with Gasteiger partial charge in [-0.05, 0) is 36.5 Å². The number of hydrogen-bond acceptors (Lipinski definition) is 2.